The summed E-state index contributed by atoms with van der Waals surface area (Å²) in [5.41, 5.74) is 1.16. The van der Waals surface area contributed by atoms with Crippen molar-refractivity contribution < 1.29 is 0 Å². The van der Waals surface area contributed by atoms with Crippen LogP contribution >= 0.6 is 39.1 Å². The largest absolute Gasteiger partial charge is 0.224 e. The Morgan fingerprint density at radius 1 is 1.21 bits per heavy atom. The van der Waals surface area contributed by atoms with E-state index in [1.807, 2.05) is 24.3 Å². The zero-order valence-corrected chi connectivity index (χ0v) is 10.2. The van der Waals surface area contributed by atoms with Gasteiger partial charge in [0.05, 0.1) is 0 Å². The molecular formula is C10H6BrCl2N. The van der Waals surface area contributed by atoms with E-state index in [-0.39, 0.29) is 0 Å². The zero-order chi connectivity index (χ0) is 10.1. The van der Waals surface area contributed by atoms with Crippen LogP contribution in [-0.4, -0.2) is 4.98 Å². The van der Waals surface area contributed by atoms with Gasteiger partial charge in [-0.25, -0.2) is 4.98 Å². The molecule has 0 bridgehead atoms. The number of rotatable bonds is 1. The molecule has 1 aromatic carbocycles. The Balaban J connectivity index is 2.86. The van der Waals surface area contributed by atoms with Gasteiger partial charge in [0.15, 0.2) is 0 Å². The average Bonchev–Trinajstić information content (AvgIpc) is 2.17. The summed E-state index contributed by atoms with van der Waals surface area (Å²) in [5, 5.41) is 3.65. The highest BCUT2D eigenvalue weighted by Gasteiger charge is 2.05. The van der Waals surface area contributed by atoms with Crippen molar-refractivity contribution in [3.8, 4) is 0 Å². The van der Waals surface area contributed by atoms with E-state index in [9.17, 15) is 0 Å². The molecule has 0 fully saturated rings. The molecule has 0 aliphatic carbocycles. The van der Waals surface area contributed by atoms with Crippen molar-refractivity contribution in [3.63, 3.8) is 0 Å². The van der Waals surface area contributed by atoms with Crippen LogP contribution in [0, 0.1) is 0 Å². The van der Waals surface area contributed by atoms with Crippen LogP contribution in [0.15, 0.2) is 24.3 Å². The van der Waals surface area contributed by atoms with Crippen molar-refractivity contribution in [1.29, 1.82) is 0 Å². The molecule has 0 N–H and O–H groups in total. The van der Waals surface area contributed by atoms with E-state index in [4.69, 9.17) is 23.2 Å². The summed E-state index contributed by atoms with van der Waals surface area (Å²) in [6.07, 6.45) is 0. The molecule has 2 rings (SSSR count). The van der Waals surface area contributed by atoms with Gasteiger partial charge in [-0.1, -0.05) is 57.3 Å². The highest BCUT2D eigenvalue weighted by Crippen LogP contribution is 2.28. The second-order valence-corrected chi connectivity index (χ2v) is 4.19. The molecule has 0 atom stereocenters. The Labute approximate surface area is 100 Å². The number of pyridine rings is 1. The molecule has 0 amide bonds. The Hall–Kier alpha value is -0.310. The molecule has 0 aliphatic rings. The summed E-state index contributed by atoms with van der Waals surface area (Å²) in [7, 11) is 0. The molecule has 1 heterocycles. The van der Waals surface area contributed by atoms with Gasteiger partial charge < -0.3 is 0 Å². The fourth-order valence-corrected chi connectivity index (χ4v) is 2.37. The summed E-state index contributed by atoms with van der Waals surface area (Å²) in [4.78, 5) is 3.99. The predicted octanol–water partition coefficient (Wildman–Crippen LogP) is 4.44. The van der Waals surface area contributed by atoms with Crippen LogP contribution in [0.25, 0.3) is 10.8 Å². The summed E-state index contributed by atoms with van der Waals surface area (Å²) < 4.78 is 0. The van der Waals surface area contributed by atoms with Gasteiger partial charge in [0.1, 0.15) is 10.3 Å². The lowest BCUT2D eigenvalue weighted by molar-refractivity contribution is 1.35. The first-order chi connectivity index (χ1) is 6.72. The second-order valence-electron chi connectivity index (χ2n) is 2.88. The van der Waals surface area contributed by atoms with Crippen LogP contribution in [0.3, 0.4) is 0 Å². The minimum Gasteiger partial charge on any atom is -0.224 e. The van der Waals surface area contributed by atoms with E-state index >= 15 is 0 Å². The number of nitrogens with zero attached hydrogens (tertiary/aromatic N) is 1. The number of hydrogen-bond acceptors (Lipinski definition) is 1. The third-order valence-electron chi connectivity index (χ3n) is 2.03. The van der Waals surface area contributed by atoms with E-state index < -0.39 is 0 Å². The normalized spacial score (nSPS) is 10.8. The highest BCUT2D eigenvalue weighted by atomic mass is 79.9. The third-order valence-corrected chi connectivity index (χ3v) is 3.12. The Morgan fingerprint density at radius 3 is 2.71 bits per heavy atom. The summed E-state index contributed by atoms with van der Waals surface area (Å²) in [6, 6.07) is 7.76. The SMILES string of the molecule is Clc1cc2c(CBr)cccc2c(Cl)n1. The average molecular weight is 291 g/mol. The van der Waals surface area contributed by atoms with Gasteiger partial charge in [-0.15, -0.1) is 0 Å². The van der Waals surface area contributed by atoms with Crippen molar-refractivity contribution >= 4 is 49.9 Å². The van der Waals surface area contributed by atoms with Crippen molar-refractivity contribution in [2.24, 2.45) is 0 Å². The number of hydrogen-bond donors (Lipinski definition) is 0. The molecule has 1 aromatic heterocycles. The van der Waals surface area contributed by atoms with Crippen molar-refractivity contribution in [3.05, 3.63) is 40.1 Å². The molecule has 14 heavy (non-hydrogen) atoms. The minimum absolute atomic E-state index is 0.427. The minimum atomic E-state index is 0.427. The quantitative estimate of drug-likeness (QED) is 0.559. The summed E-state index contributed by atoms with van der Waals surface area (Å²) in [6.45, 7) is 0. The van der Waals surface area contributed by atoms with Crippen LogP contribution in [0.5, 0.6) is 0 Å². The van der Waals surface area contributed by atoms with Crippen molar-refractivity contribution in [1.82, 2.24) is 4.98 Å². The van der Waals surface area contributed by atoms with Gasteiger partial charge in [0, 0.05) is 10.7 Å². The lowest BCUT2D eigenvalue weighted by Crippen LogP contribution is -1.85. The number of fused-ring (bicyclic) bond motifs is 1. The first-order valence-corrected chi connectivity index (χ1v) is 5.89. The number of aromatic nitrogens is 1. The van der Waals surface area contributed by atoms with E-state index in [0.29, 0.717) is 10.3 Å². The van der Waals surface area contributed by atoms with Gasteiger partial charge in [-0.3, -0.25) is 0 Å². The molecule has 0 unspecified atom stereocenters. The first-order valence-electron chi connectivity index (χ1n) is 4.02. The van der Waals surface area contributed by atoms with Crippen LogP contribution in [0.1, 0.15) is 5.56 Å². The van der Waals surface area contributed by atoms with Crippen LogP contribution in [0.4, 0.5) is 0 Å². The third kappa shape index (κ3) is 1.74. The first kappa shape index (κ1) is 10.2. The molecule has 1 nitrogen and oxygen atoms in total. The monoisotopic (exact) mass is 289 g/mol. The maximum Gasteiger partial charge on any atom is 0.138 e. The van der Waals surface area contributed by atoms with Gasteiger partial charge in [-0.05, 0) is 17.0 Å². The highest BCUT2D eigenvalue weighted by molar-refractivity contribution is 9.08. The molecule has 0 spiro atoms. The molecule has 0 aliphatic heterocycles. The van der Waals surface area contributed by atoms with Crippen molar-refractivity contribution in [2.75, 3.05) is 0 Å². The van der Waals surface area contributed by atoms with Gasteiger partial charge in [0.25, 0.3) is 0 Å². The van der Waals surface area contributed by atoms with Gasteiger partial charge in [0.2, 0.25) is 0 Å². The number of benzene rings is 1. The molecule has 72 valence electrons. The lowest BCUT2D eigenvalue weighted by Gasteiger charge is -2.04. The van der Waals surface area contributed by atoms with Crippen molar-refractivity contribution in [2.45, 2.75) is 5.33 Å². The summed E-state index contributed by atoms with van der Waals surface area (Å²) >= 11 is 15.2. The maximum atomic E-state index is 5.98. The Bertz CT molecular complexity index is 485. The van der Waals surface area contributed by atoms with Gasteiger partial charge >= 0.3 is 0 Å². The van der Waals surface area contributed by atoms with E-state index in [1.165, 1.54) is 0 Å². The Kier molecular flexibility index (Phi) is 2.96. The maximum absolute atomic E-state index is 5.98. The number of halogens is 3. The molecule has 0 saturated carbocycles. The van der Waals surface area contributed by atoms with Gasteiger partial charge in [-0.2, -0.15) is 0 Å². The lowest BCUT2D eigenvalue weighted by atomic mass is 10.1. The molecule has 0 saturated heterocycles. The summed E-state index contributed by atoms with van der Waals surface area (Å²) in [5.74, 6) is 0. The van der Waals surface area contributed by atoms with Crippen LogP contribution < -0.4 is 0 Å². The molecular weight excluding hydrogens is 285 g/mol. The smallest absolute Gasteiger partial charge is 0.138 e. The second kappa shape index (κ2) is 4.05. The fraction of sp³-hybridized carbons (Fsp3) is 0.100. The number of alkyl halides is 1. The fourth-order valence-electron chi connectivity index (χ4n) is 1.39. The van der Waals surface area contributed by atoms with E-state index in [1.54, 1.807) is 0 Å². The molecule has 4 heteroatoms. The van der Waals surface area contributed by atoms with Crippen LogP contribution in [0.2, 0.25) is 10.3 Å². The molecule has 2 aromatic rings. The standard InChI is InChI=1S/C10H6BrCl2N/c11-5-6-2-1-3-7-8(6)4-9(12)14-10(7)13/h1-4H,5H2. The zero-order valence-electron chi connectivity index (χ0n) is 7.10. The Morgan fingerprint density at radius 2 is 2.00 bits per heavy atom. The molecule has 0 radical (unpaired) electrons. The van der Waals surface area contributed by atoms with E-state index in [2.05, 4.69) is 20.9 Å². The van der Waals surface area contributed by atoms with Crippen LogP contribution in [-0.2, 0) is 5.33 Å². The predicted molar refractivity (Wildman–Crippen MR) is 64.4 cm³/mol. The van der Waals surface area contributed by atoms with E-state index in [0.717, 1.165) is 21.7 Å². The topological polar surface area (TPSA) is 12.9 Å².